The Hall–Kier alpha value is -2.27. The van der Waals surface area contributed by atoms with Crippen LogP contribution in [0.15, 0.2) is 46.7 Å². The van der Waals surface area contributed by atoms with Crippen LogP contribution in [0.5, 0.6) is 0 Å². The highest BCUT2D eigenvalue weighted by molar-refractivity contribution is 7.89. The Morgan fingerprint density at radius 3 is 2.61 bits per heavy atom. The van der Waals surface area contributed by atoms with Gasteiger partial charge in [-0.1, -0.05) is 12.1 Å². The first-order chi connectivity index (χ1) is 13.4. The highest BCUT2D eigenvalue weighted by Crippen LogP contribution is 2.23. The molecule has 2 rings (SSSR count). The Morgan fingerprint density at radius 2 is 1.96 bits per heavy atom. The lowest BCUT2D eigenvalue weighted by atomic mass is 10.1. The molecule has 152 valence electrons. The predicted molar refractivity (Wildman–Crippen MR) is 105 cm³/mol. The molecule has 0 fully saturated rings. The molecule has 1 heterocycles. The molecule has 1 atom stereocenters. The Balaban J connectivity index is 2.17. The second-order valence-corrected chi connectivity index (χ2v) is 8.49. The van der Waals surface area contributed by atoms with E-state index >= 15 is 0 Å². The summed E-state index contributed by atoms with van der Waals surface area (Å²) in [7, 11) is -1.02. The molecule has 0 aliphatic carbocycles. The zero-order chi connectivity index (χ0) is 20.6. The second-order valence-electron chi connectivity index (χ2n) is 5.74. The fourth-order valence-electron chi connectivity index (χ4n) is 2.37. The van der Waals surface area contributed by atoms with E-state index in [2.05, 4.69) is 10.0 Å². The lowest BCUT2D eigenvalue weighted by Crippen LogP contribution is -2.30. The van der Waals surface area contributed by atoms with Gasteiger partial charge in [0, 0.05) is 24.1 Å². The van der Waals surface area contributed by atoms with Gasteiger partial charge in [-0.3, -0.25) is 9.59 Å². The Bertz CT molecular complexity index is 897. The van der Waals surface area contributed by atoms with Gasteiger partial charge in [0.1, 0.15) is 0 Å². The van der Waals surface area contributed by atoms with Crippen LogP contribution in [0, 0.1) is 0 Å². The number of hydrogen-bond acceptors (Lipinski definition) is 7. The van der Waals surface area contributed by atoms with Crippen LogP contribution in [-0.2, 0) is 24.3 Å². The van der Waals surface area contributed by atoms with Gasteiger partial charge in [-0.2, -0.15) is 0 Å². The maximum atomic E-state index is 12.7. The summed E-state index contributed by atoms with van der Waals surface area (Å²) < 4.78 is 36.6. The molecule has 0 radical (unpaired) electrons. The van der Waals surface area contributed by atoms with E-state index in [-0.39, 0.29) is 30.0 Å². The molecular formula is C18H22N2O6S2. The number of sulfonamides is 1. The van der Waals surface area contributed by atoms with Gasteiger partial charge in [-0.15, -0.1) is 11.3 Å². The van der Waals surface area contributed by atoms with Crippen LogP contribution in [0.2, 0.25) is 0 Å². The van der Waals surface area contributed by atoms with Crippen LogP contribution in [0.1, 0.15) is 27.7 Å². The summed E-state index contributed by atoms with van der Waals surface area (Å²) in [5.41, 5.74) is 0.168. The van der Waals surface area contributed by atoms with E-state index in [1.165, 1.54) is 49.8 Å². The number of ether oxygens (including phenoxy) is 2. The van der Waals surface area contributed by atoms with Gasteiger partial charge in [-0.05, 0) is 29.6 Å². The van der Waals surface area contributed by atoms with E-state index in [1.54, 1.807) is 6.07 Å². The minimum Gasteiger partial charge on any atom is -0.469 e. The lowest BCUT2D eigenvalue weighted by molar-refractivity contribution is -0.141. The normalized spacial score (nSPS) is 12.4. The van der Waals surface area contributed by atoms with Crippen molar-refractivity contribution >= 4 is 33.2 Å². The third kappa shape index (κ3) is 6.13. The van der Waals surface area contributed by atoms with Crippen molar-refractivity contribution in [3.63, 3.8) is 0 Å². The number of methoxy groups -OCH3 is 2. The van der Waals surface area contributed by atoms with E-state index in [0.717, 1.165) is 4.88 Å². The van der Waals surface area contributed by atoms with Crippen LogP contribution >= 0.6 is 11.3 Å². The number of thiophene rings is 1. The molecule has 0 spiro atoms. The molecule has 28 heavy (non-hydrogen) atoms. The van der Waals surface area contributed by atoms with Crippen LogP contribution in [0.25, 0.3) is 0 Å². The SMILES string of the molecule is COCCNS(=O)(=O)c1cccc(C(=O)NC(CC(=O)OC)c2cccs2)c1. The molecule has 2 N–H and O–H groups in total. The van der Waals surface area contributed by atoms with E-state index < -0.39 is 27.9 Å². The molecule has 8 nitrogen and oxygen atoms in total. The summed E-state index contributed by atoms with van der Waals surface area (Å²) in [6, 6.07) is 8.73. The first-order valence-electron chi connectivity index (χ1n) is 8.37. The standard InChI is InChI=1S/C18H22N2O6S2/c1-25-9-8-19-28(23,24)14-6-3-5-13(11-14)18(22)20-15(12-17(21)26-2)16-7-4-10-27-16/h3-7,10-11,15,19H,8-9,12H2,1-2H3,(H,20,22). The third-order valence-electron chi connectivity index (χ3n) is 3.80. The predicted octanol–water partition coefficient (Wildman–Crippen LogP) is 1.71. The number of nitrogens with one attached hydrogen (secondary N) is 2. The molecule has 0 saturated heterocycles. The van der Waals surface area contributed by atoms with Gasteiger partial charge in [0.2, 0.25) is 10.0 Å². The van der Waals surface area contributed by atoms with Crippen molar-refractivity contribution in [3.8, 4) is 0 Å². The van der Waals surface area contributed by atoms with Gasteiger partial charge in [0.05, 0.1) is 31.1 Å². The first kappa shape index (κ1) is 22.0. The minimum atomic E-state index is -3.77. The molecule has 1 aromatic heterocycles. The number of hydrogen-bond donors (Lipinski definition) is 2. The molecule has 1 unspecified atom stereocenters. The fraction of sp³-hybridized carbons (Fsp3) is 0.333. The van der Waals surface area contributed by atoms with Crippen molar-refractivity contribution in [1.29, 1.82) is 0 Å². The highest BCUT2D eigenvalue weighted by Gasteiger charge is 2.22. The molecule has 0 bridgehead atoms. The molecule has 1 aromatic carbocycles. The lowest BCUT2D eigenvalue weighted by Gasteiger charge is -2.17. The van der Waals surface area contributed by atoms with E-state index in [1.807, 2.05) is 11.4 Å². The number of carbonyl (C=O) groups is 2. The maximum absolute atomic E-state index is 12.7. The summed E-state index contributed by atoms with van der Waals surface area (Å²) in [5.74, 6) is -0.950. The van der Waals surface area contributed by atoms with Crippen LogP contribution in [-0.4, -0.2) is 47.7 Å². The average molecular weight is 427 g/mol. The smallest absolute Gasteiger partial charge is 0.307 e. The zero-order valence-electron chi connectivity index (χ0n) is 15.5. The highest BCUT2D eigenvalue weighted by atomic mass is 32.2. The van der Waals surface area contributed by atoms with Crippen molar-refractivity contribution in [1.82, 2.24) is 10.0 Å². The van der Waals surface area contributed by atoms with Crippen molar-refractivity contribution in [2.75, 3.05) is 27.4 Å². The summed E-state index contributed by atoms with van der Waals surface area (Å²) >= 11 is 1.40. The van der Waals surface area contributed by atoms with Gasteiger partial charge in [0.25, 0.3) is 5.91 Å². The summed E-state index contributed by atoms with van der Waals surface area (Å²) in [4.78, 5) is 25.1. The van der Waals surface area contributed by atoms with Crippen molar-refractivity contribution in [2.24, 2.45) is 0 Å². The van der Waals surface area contributed by atoms with Crippen LogP contribution in [0.3, 0.4) is 0 Å². The Kier molecular flexibility index (Phi) is 8.12. The Morgan fingerprint density at radius 1 is 1.18 bits per heavy atom. The zero-order valence-corrected chi connectivity index (χ0v) is 17.1. The summed E-state index contributed by atoms with van der Waals surface area (Å²) in [5, 5.41) is 4.61. The molecule has 0 aliphatic rings. The Labute approximate surface area is 167 Å². The molecule has 10 heteroatoms. The monoisotopic (exact) mass is 426 g/mol. The largest absolute Gasteiger partial charge is 0.469 e. The topological polar surface area (TPSA) is 111 Å². The number of benzene rings is 1. The van der Waals surface area contributed by atoms with Crippen molar-refractivity contribution in [2.45, 2.75) is 17.4 Å². The van der Waals surface area contributed by atoms with Gasteiger partial charge in [-0.25, -0.2) is 13.1 Å². The molecule has 1 amide bonds. The summed E-state index contributed by atoms with van der Waals surface area (Å²) in [6.07, 6.45) is -0.0285. The number of carbonyl (C=O) groups excluding carboxylic acids is 2. The van der Waals surface area contributed by atoms with Gasteiger partial charge >= 0.3 is 5.97 Å². The summed E-state index contributed by atoms with van der Waals surface area (Å²) in [6.45, 7) is 0.351. The van der Waals surface area contributed by atoms with E-state index in [4.69, 9.17) is 9.47 Å². The van der Waals surface area contributed by atoms with E-state index in [0.29, 0.717) is 0 Å². The van der Waals surface area contributed by atoms with Crippen LogP contribution in [0.4, 0.5) is 0 Å². The fourth-order valence-corrected chi connectivity index (χ4v) is 4.21. The van der Waals surface area contributed by atoms with Gasteiger partial charge < -0.3 is 14.8 Å². The third-order valence-corrected chi connectivity index (χ3v) is 6.24. The number of esters is 1. The quantitative estimate of drug-likeness (QED) is 0.442. The molecule has 0 aliphatic heterocycles. The van der Waals surface area contributed by atoms with Crippen molar-refractivity contribution < 1.29 is 27.5 Å². The second kappa shape index (κ2) is 10.3. The first-order valence-corrected chi connectivity index (χ1v) is 10.7. The minimum absolute atomic E-state index is 0.0285. The van der Waals surface area contributed by atoms with Crippen molar-refractivity contribution in [3.05, 3.63) is 52.2 Å². The van der Waals surface area contributed by atoms with E-state index in [9.17, 15) is 18.0 Å². The number of rotatable bonds is 10. The maximum Gasteiger partial charge on any atom is 0.307 e. The average Bonchev–Trinajstić information content (AvgIpc) is 3.22. The van der Waals surface area contributed by atoms with Crippen LogP contribution < -0.4 is 10.0 Å². The number of amides is 1. The van der Waals surface area contributed by atoms with Gasteiger partial charge in [0.15, 0.2) is 0 Å². The molecular weight excluding hydrogens is 404 g/mol. The molecule has 0 saturated carbocycles. The molecule has 2 aromatic rings.